The molecule has 0 aliphatic rings. The maximum Gasteiger partial charge on any atom is 0.239 e. The zero-order chi connectivity index (χ0) is 10.8. The molecule has 0 spiro atoms. The third kappa shape index (κ3) is 1.79. The predicted octanol–water partition coefficient (Wildman–Crippen LogP) is 0.565. The van der Waals surface area contributed by atoms with E-state index in [0.717, 1.165) is 16.9 Å². The minimum atomic E-state index is 0.378. The predicted molar refractivity (Wildman–Crippen MR) is 56.4 cm³/mol. The molecule has 0 atom stereocenters. The van der Waals surface area contributed by atoms with Crippen LogP contribution in [-0.2, 0) is 0 Å². The molecule has 0 saturated carbocycles. The van der Waals surface area contributed by atoms with Crippen LogP contribution in [0.3, 0.4) is 0 Å². The van der Waals surface area contributed by atoms with E-state index >= 15 is 0 Å². The topological polar surface area (TPSA) is 81.7 Å². The number of nitrogen functional groups attached to an aromatic ring is 1. The van der Waals surface area contributed by atoms with Gasteiger partial charge in [0.2, 0.25) is 5.95 Å². The maximum atomic E-state index is 5.25. The summed E-state index contributed by atoms with van der Waals surface area (Å²) >= 11 is 0. The van der Waals surface area contributed by atoms with Crippen LogP contribution in [0.15, 0.2) is 18.6 Å². The molecule has 0 fully saturated rings. The van der Waals surface area contributed by atoms with Crippen molar-refractivity contribution in [1.29, 1.82) is 0 Å². The Hall–Kier alpha value is -1.95. The van der Waals surface area contributed by atoms with Gasteiger partial charge in [0.15, 0.2) is 5.82 Å². The summed E-state index contributed by atoms with van der Waals surface area (Å²) in [5.41, 5.74) is 4.43. The minimum Gasteiger partial charge on any atom is -0.292 e. The number of anilines is 1. The molecular weight excluding hydrogens is 192 g/mol. The van der Waals surface area contributed by atoms with Crippen LogP contribution in [0.1, 0.15) is 11.1 Å². The van der Waals surface area contributed by atoms with Crippen LogP contribution >= 0.6 is 0 Å². The summed E-state index contributed by atoms with van der Waals surface area (Å²) in [6.07, 6.45) is 5.38. The molecular formula is C9H12N6. The van der Waals surface area contributed by atoms with Crippen LogP contribution in [0.2, 0.25) is 0 Å². The van der Waals surface area contributed by atoms with Gasteiger partial charge in [0.05, 0.1) is 6.20 Å². The number of hydrogen-bond donors (Lipinski definition) is 2. The van der Waals surface area contributed by atoms with Crippen LogP contribution in [0, 0.1) is 13.8 Å². The number of nitrogens with one attached hydrogen (secondary N) is 1. The highest BCUT2D eigenvalue weighted by atomic mass is 15.3. The van der Waals surface area contributed by atoms with Crippen LogP contribution < -0.4 is 11.3 Å². The van der Waals surface area contributed by atoms with E-state index in [9.17, 15) is 0 Å². The first kappa shape index (κ1) is 9.60. The number of aryl methyl sites for hydroxylation is 2. The Morgan fingerprint density at radius 1 is 1.33 bits per heavy atom. The lowest BCUT2D eigenvalue weighted by atomic mass is 10.3. The molecule has 2 heterocycles. The fourth-order valence-electron chi connectivity index (χ4n) is 1.26. The van der Waals surface area contributed by atoms with Gasteiger partial charge in [-0.15, -0.1) is 0 Å². The number of nitrogens with two attached hydrogens (primary N) is 1. The molecule has 15 heavy (non-hydrogen) atoms. The Morgan fingerprint density at radius 2 is 2.13 bits per heavy atom. The zero-order valence-corrected chi connectivity index (χ0v) is 8.60. The highest BCUT2D eigenvalue weighted by Crippen LogP contribution is 2.11. The van der Waals surface area contributed by atoms with Gasteiger partial charge in [0.25, 0.3) is 0 Å². The highest BCUT2D eigenvalue weighted by Gasteiger charge is 2.05. The molecule has 2 aromatic heterocycles. The van der Waals surface area contributed by atoms with E-state index in [0.29, 0.717) is 5.95 Å². The van der Waals surface area contributed by atoms with Crippen LogP contribution in [-0.4, -0.2) is 19.7 Å². The normalized spacial score (nSPS) is 10.3. The second-order valence-corrected chi connectivity index (χ2v) is 3.31. The SMILES string of the molecule is Cc1cnn(-c2nc(NN)ncc2C)c1. The number of hydrazine groups is 1. The molecule has 0 amide bonds. The molecule has 0 saturated heterocycles. The second-order valence-electron chi connectivity index (χ2n) is 3.31. The standard InChI is InChI=1S/C9H12N6/c1-6-3-12-15(5-6)8-7(2)4-11-9(13-8)14-10/h3-5H,10H2,1-2H3,(H,11,13,14). The number of aromatic nitrogens is 4. The van der Waals surface area contributed by atoms with Crippen LogP contribution in [0.25, 0.3) is 5.82 Å². The summed E-state index contributed by atoms with van der Waals surface area (Å²) in [7, 11) is 0. The van der Waals surface area contributed by atoms with Gasteiger partial charge in [0, 0.05) is 18.0 Å². The Labute approximate surface area is 87.1 Å². The molecule has 0 radical (unpaired) electrons. The third-order valence-corrected chi connectivity index (χ3v) is 2.00. The van der Waals surface area contributed by atoms with Gasteiger partial charge in [-0.05, 0) is 19.4 Å². The third-order valence-electron chi connectivity index (χ3n) is 2.00. The average molecular weight is 204 g/mol. The van der Waals surface area contributed by atoms with Gasteiger partial charge < -0.3 is 0 Å². The quantitative estimate of drug-likeness (QED) is 0.552. The van der Waals surface area contributed by atoms with E-state index in [4.69, 9.17) is 5.84 Å². The first-order valence-electron chi connectivity index (χ1n) is 4.52. The molecule has 3 N–H and O–H groups in total. The summed E-state index contributed by atoms with van der Waals surface area (Å²) in [5, 5.41) is 4.18. The summed E-state index contributed by atoms with van der Waals surface area (Å²) in [6, 6.07) is 0. The van der Waals surface area contributed by atoms with Gasteiger partial charge >= 0.3 is 0 Å². The van der Waals surface area contributed by atoms with Gasteiger partial charge in [-0.1, -0.05) is 0 Å². The van der Waals surface area contributed by atoms with Gasteiger partial charge in [0.1, 0.15) is 0 Å². The van der Waals surface area contributed by atoms with Crippen molar-refractivity contribution in [2.24, 2.45) is 5.84 Å². The molecule has 6 nitrogen and oxygen atoms in total. The monoisotopic (exact) mass is 204 g/mol. The second kappa shape index (κ2) is 3.66. The number of nitrogens with zero attached hydrogens (tertiary/aromatic N) is 4. The fraction of sp³-hybridized carbons (Fsp3) is 0.222. The van der Waals surface area contributed by atoms with Gasteiger partial charge in [-0.25, -0.2) is 15.5 Å². The lowest BCUT2D eigenvalue weighted by Crippen LogP contribution is -2.12. The van der Waals surface area contributed by atoms with Crippen molar-refractivity contribution < 1.29 is 0 Å². The van der Waals surface area contributed by atoms with E-state index in [-0.39, 0.29) is 0 Å². The smallest absolute Gasteiger partial charge is 0.239 e. The van der Waals surface area contributed by atoms with Crippen molar-refractivity contribution >= 4 is 5.95 Å². The Kier molecular flexibility index (Phi) is 2.34. The van der Waals surface area contributed by atoms with E-state index in [1.807, 2.05) is 20.0 Å². The van der Waals surface area contributed by atoms with E-state index in [2.05, 4.69) is 20.5 Å². The van der Waals surface area contributed by atoms with E-state index in [1.54, 1.807) is 17.1 Å². The Balaban J connectivity index is 2.51. The molecule has 0 aliphatic heterocycles. The van der Waals surface area contributed by atoms with Crippen molar-refractivity contribution in [3.63, 3.8) is 0 Å². The van der Waals surface area contributed by atoms with E-state index < -0.39 is 0 Å². The largest absolute Gasteiger partial charge is 0.292 e. The van der Waals surface area contributed by atoms with Crippen molar-refractivity contribution in [3.05, 3.63) is 29.7 Å². The first-order valence-corrected chi connectivity index (χ1v) is 4.52. The van der Waals surface area contributed by atoms with Crippen molar-refractivity contribution in [1.82, 2.24) is 19.7 Å². The molecule has 0 unspecified atom stereocenters. The average Bonchev–Trinajstić information content (AvgIpc) is 2.65. The fourth-order valence-corrected chi connectivity index (χ4v) is 1.26. The summed E-state index contributed by atoms with van der Waals surface area (Å²) in [5.74, 6) is 6.35. The van der Waals surface area contributed by atoms with Crippen LogP contribution in [0.4, 0.5) is 5.95 Å². The van der Waals surface area contributed by atoms with Gasteiger partial charge in [-0.3, -0.25) is 5.43 Å². The summed E-state index contributed by atoms with van der Waals surface area (Å²) < 4.78 is 1.70. The molecule has 78 valence electrons. The number of rotatable bonds is 2. The molecule has 2 rings (SSSR count). The van der Waals surface area contributed by atoms with Crippen molar-refractivity contribution in [2.45, 2.75) is 13.8 Å². The van der Waals surface area contributed by atoms with E-state index in [1.165, 1.54) is 0 Å². The summed E-state index contributed by atoms with van der Waals surface area (Å²) in [4.78, 5) is 8.23. The van der Waals surface area contributed by atoms with Crippen LogP contribution in [0.5, 0.6) is 0 Å². The first-order chi connectivity index (χ1) is 7.20. The lowest BCUT2D eigenvalue weighted by molar-refractivity contribution is 0.829. The summed E-state index contributed by atoms with van der Waals surface area (Å²) in [6.45, 7) is 3.90. The zero-order valence-electron chi connectivity index (χ0n) is 8.60. The maximum absolute atomic E-state index is 5.25. The van der Waals surface area contributed by atoms with Gasteiger partial charge in [-0.2, -0.15) is 10.1 Å². The lowest BCUT2D eigenvalue weighted by Gasteiger charge is -2.05. The molecule has 0 aromatic carbocycles. The number of hydrogen-bond acceptors (Lipinski definition) is 5. The minimum absolute atomic E-state index is 0.378. The Bertz CT molecular complexity index is 475. The highest BCUT2D eigenvalue weighted by molar-refractivity contribution is 5.36. The Morgan fingerprint density at radius 3 is 2.73 bits per heavy atom. The molecule has 0 bridgehead atoms. The molecule has 2 aromatic rings. The van der Waals surface area contributed by atoms with Crippen molar-refractivity contribution in [3.8, 4) is 5.82 Å². The van der Waals surface area contributed by atoms with Crippen molar-refractivity contribution in [2.75, 3.05) is 5.43 Å². The molecule has 6 heteroatoms. The molecule has 0 aliphatic carbocycles.